The number of hydrogen-bond donors (Lipinski definition) is 0. The van der Waals surface area contributed by atoms with Crippen LogP contribution in [0.2, 0.25) is 0 Å². The molecule has 0 radical (unpaired) electrons. The van der Waals surface area contributed by atoms with Gasteiger partial charge in [0, 0.05) is 18.5 Å². The number of carbonyl (C=O) groups excluding carboxylic acids is 2. The van der Waals surface area contributed by atoms with Crippen LogP contribution in [0.4, 0.5) is 0 Å². The van der Waals surface area contributed by atoms with Crippen LogP contribution in [0.5, 0.6) is 5.75 Å². The summed E-state index contributed by atoms with van der Waals surface area (Å²) in [5.74, 6) is 0.370. The Morgan fingerprint density at radius 1 is 1.11 bits per heavy atom. The number of fused-ring (bicyclic) bond motifs is 1. The number of Topliss-reactive ketones (excluding diaryl/α,β-unsaturated/α-hetero) is 1. The molecule has 5 heteroatoms. The first-order valence-corrected chi connectivity index (χ1v) is 9.94. The monoisotopic (exact) mass is 379 g/mol. The van der Waals surface area contributed by atoms with Crippen LogP contribution < -0.4 is 4.74 Å². The van der Waals surface area contributed by atoms with Crippen molar-refractivity contribution in [1.82, 2.24) is 4.90 Å². The number of carbonyl (C=O) groups is 2. The van der Waals surface area contributed by atoms with Crippen LogP contribution in [-0.4, -0.2) is 42.5 Å². The highest BCUT2D eigenvalue weighted by Gasteiger charge is 2.30. The third-order valence-corrected chi connectivity index (χ3v) is 5.47. The van der Waals surface area contributed by atoms with E-state index < -0.39 is 0 Å². The van der Waals surface area contributed by atoms with Gasteiger partial charge in [-0.05, 0) is 48.7 Å². The molecule has 146 valence electrons. The Morgan fingerprint density at radius 2 is 1.96 bits per heavy atom. The van der Waals surface area contributed by atoms with Gasteiger partial charge in [-0.1, -0.05) is 36.8 Å². The van der Waals surface area contributed by atoms with Gasteiger partial charge in [0.2, 0.25) is 0 Å². The van der Waals surface area contributed by atoms with Gasteiger partial charge in [0.15, 0.2) is 12.4 Å². The Morgan fingerprint density at radius 3 is 2.82 bits per heavy atom. The fraction of sp³-hybridized carbons (Fsp3) is 0.391. The molecular weight excluding hydrogens is 354 g/mol. The number of ether oxygens (including phenoxy) is 2. The Bertz CT molecular complexity index is 849. The van der Waals surface area contributed by atoms with E-state index in [9.17, 15) is 9.59 Å². The summed E-state index contributed by atoms with van der Waals surface area (Å²) in [6.07, 6.45) is 3.67. The normalized spacial score (nSPS) is 18.9. The van der Waals surface area contributed by atoms with Crippen molar-refractivity contribution in [2.24, 2.45) is 0 Å². The van der Waals surface area contributed by atoms with E-state index in [2.05, 4.69) is 17.0 Å². The highest BCUT2D eigenvalue weighted by Crippen LogP contribution is 2.26. The summed E-state index contributed by atoms with van der Waals surface area (Å²) in [6, 6.07) is 15.3. The number of esters is 1. The number of hydrogen-bond acceptors (Lipinski definition) is 5. The summed E-state index contributed by atoms with van der Waals surface area (Å²) in [5.41, 5.74) is 2.79. The van der Waals surface area contributed by atoms with Crippen LogP contribution in [0.25, 0.3) is 0 Å². The number of piperidine rings is 1. The maximum Gasteiger partial charge on any atom is 0.323 e. The van der Waals surface area contributed by atoms with Crippen molar-refractivity contribution >= 4 is 11.8 Å². The quantitative estimate of drug-likeness (QED) is 0.569. The van der Waals surface area contributed by atoms with Crippen LogP contribution in [0.3, 0.4) is 0 Å². The highest BCUT2D eigenvalue weighted by atomic mass is 16.5. The second kappa shape index (κ2) is 8.57. The molecule has 0 spiro atoms. The lowest BCUT2D eigenvalue weighted by Crippen LogP contribution is -2.45. The van der Waals surface area contributed by atoms with Gasteiger partial charge >= 0.3 is 5.97 Å². The molecule has 2 aromatic carbocycles. The van der Waals surface area contributed by atoms with E-state index in [0.717, 1.165) is 50.1 Å². The minimum atomic E-state index is -0.298. The Kier molecular flexibility index (Phi) is 5.72. The third kappa shape index (κ3) is 4.25. The van der Waals surface area contributed by atoms with Gasteiger partial charge in [0.25, 0.3) is 0 Å². The maximum atomic E-state index is 12.7. The molecule has 1 fully saturated rings. The lowest BCUT2D eigenvalue weighted by Gasteiger charge is -2.34. The van der Waals surface area contributed by atoms with Gasteiger partial charge in [-0.15, -0.1) is 0 Å². The zero-order chi connectivity index (χ0) is 19.3. The summed E-state index contributed by atoms with van der Waals surface area (Å²) < 4.78 is 10.9. The Hall–Kier alpha value is -2.66. The third-order valence-electron chi connectivity index (χ3n) is 5.47. The fourth-order valence-electron chi connectivity index (χ4n) is 3.94. The largest absolute Gasteiger partial charge is 0.493 e. The van der Waals surface area contributed by atoms with E-state index in [1.807, 2.05) is 30.3 Å². The summed E-state index contributed by atoms with van der Waals surface area (Å²) in [7, 11) is 0. The molecule has 2 aromatic rings. The van der Waals surface area contributed by atoms with Crippen molar-refractivity contribution in [2.45, 2.75) is 38.3 Å². The van der Waals surface area contributed by atoms with E-state index in [1.54, 1.807) is 6.07 Å². The number of likely N-dealkylation sites (tertiary alicyclic amines) is 1. The zero-order valence-electron chi connectivity index (χ0n) is 15.9. The average Bonchev–Trinajstić information content (AvgIpc) is 3.21. The Balaban J connectivity index is 1.35. The second-order valence-electron chi connectivity index (χ2n) is 7.42. The van der Waals surface area contributed by atoms with Gasteiger partial charge in [-0.3, -0.25) is 14.5 Å². The van der Waals surface area contributed by atoms with Gasteiger partial charge in [-0.25, -0.2) is 0 Å². The van der Waals surface area contributed by atoms with Crippen LogP contribution in [0.15, 0.2) is 48.5 Å². The summed E-state index contributed by atoms with van der Waals surface area (Å²) in [4.78, 5) is 27.3. The van der Waals surface area contributed by atoms with Gasteiger partial charge in [0.1, 0.15) is 11.8 Å². The molecule has 2 aliphatic heterocycles. The lowest BCUT2D eigenvalue weighted by molar-refractivity contribution is -0.150. The van der Waals surface area contributed by atoms with E-state index in [0.29, 0.717) is 12.2 Å². The summed E-state index contributed by atoms with van der Waals surface area (Å²) in [6.45, 7) is 2.03. The van der Waals surface area contributed by atoms with E-state index in [-0.39, 0.29) is 24.4 Å². The summed E-state index contributed by atoms with van der Waals surface area (Å²) >= 11 is 0. The smallest absolute Gasteiger partial charge is 0.323 e. The molecule has 5 nitrogen and oxygen atoms in total. The molecule has 0 aromatic heterocycles. The molecule has 0 bridgehead atoms. The van der Waals surface area contributed by atoms with Gasteiger partial charge in [-0.2, -0.15) is 0 Å². The van der Waals surface area contributed by atoms with Crippen molar-refractivity contribution < 1.29 is 19.1 Å². The maximum absolute atomic E-state index is 12.7. The molecule has 0 saturated carbocycles. The molecule has 0 aliphatic carbocycles. The molecule has 1 saturated heterocycles. The standard InChI is InChI=1S/C23H25NO4/c25-21(18-9-10-22-19(14-18)11-13-27-22)16-28-23(26)20-8-4-5-12-24(20)15-17-6-2-1-3-7-17/h1-3,6-7,9-10,14,20H,4-5,8,11-13,15-16H2. The predicted octanol–water partition coefficient (Wildman–Crippen LogP) is 3.40. The van der Waals surface area contributed by atoms with Crippen molar-refractivity contribution in [3.8, 4) is 5.75 Å². The summed E-state index contributed by atoms with van der Waals surface area (Å²) in [5, 5.41) is 0. The molecule has 1 unspecified atom stereocenters. The Labute approximate surface area is 165 Å². The minimum Gasteiger partial charge on any atom is -0.493 e. The molecule has 0 amide bonds. The van der Waals surface area contributed by atoms with Crippen molar-refractivity contribution in [1.29, 1.82) is 0 Å². The predicted molar refractivity (Wildman–Crippen MR) is 105 cm³/mol. The topological polar surface area (TPSA) is 55.8 Å². The fourth-order valence-corrected chi connectivity index (χ4v) is 3.94. The lowest BCUT2D eigenvalue weighted by atomic mass is 10.0. The van der Waals surface area contributed by atoms with Gasteiger partial charge in [0.05, 0.1) is 6.61 Å². The van der Waals surface area contributed by atoms with Gasteiger partial charge < -0.3 is 9.47 Å². The van der Waals surface area contributed by atoms with E-state index in [1.165, 1.54) is 5.56 Å². The molecule has 0 N–H and O–H groups in total. The molecule has 1 atom stereocenters. The minimum absolute atomic E-state index is 0.173. The number of rotatable bonds is 6. The van der Waals surface area contributed by atoms with Crippen LogP contribution >= 0.6 is 0 Å². The first kappa shape index (κ1) is 18.7. The first-order chi connectivity index (χ1) is 13.7. The second-order valence-corrected chi connectivity index (χ2v) is 7.42. The molecule has 4 rings (SSSR count). The van der Waals surface area contributed by atoms with E-state index in [4.69, 9.17) is 9.47 Å². The highest BCUT2D eigenvalue weighted by molar-refractivity contribution is 5.98. The molecular formula is C23H25NO4. The number of nitrogens with zero attached hydrogens (tertiary/aromatic N) is 1. The molecule has 2 heterocycles. The molecule has 28 heavy (non-hydrogen) atoms. The average molecular weight is 379 g/mol. The number of ketones is 1. The van der Waals surface area contributed by atoms with Crippen LogP contribution in [0, 0.1) is 0 Å². The van der Waals surface area contributed by atoms with Crippen LogP contribution in [-0.2, 0) is 22.5 Å². The SMILES string of the molecule is O=C(COC(=O)C1CCCCN1Cc1ccccc1)c1ccc2c(c1)CCO2. The van der Waals surface area contributed by atoms with Crippen molar-refractivity contribution in [2.75, 3.05) is 19.8 Å². The number of benzene rings is 2. The van der Waals surface area contributed by atoms with Crippen molar-refractivity contribution in [3.05, 3.63) is 65.2 Å². The zero-order valence-corrected chi connectivity index (χ0v) is 15.9. The first-order valence-electron chi connectivity index (χ1n) is 9.94. The van der Waals surface area contributed by atoms with E-state index >= 15 is 0 Å². The molecule has 2 aliphatic rings. The van der Waals surface area contributed by atoms with Crippen molar-refractivity contribution in [3.63, 3.8) is 0 Å². The van der Waals surface area contributed by atoms with Crippen LogP contribution in [0.1, 0.15) is 40.7 Å².